The smallest absolute Gasteiger partial charge is 0.354 e. The summed E-state index contributed by atoms with van der Waals surface area (Å²) in [6, 6.07) is 10.9. The number of hydrogen-bond acceptors (Lipinski definition) is 5. The summed E-state index contributed by atoms with van der Waals surface area (Å²) in [6.45, 7) is -0.201. The third-order valence-corrected chi connectivity index (χ3v) is 5.45. The first-order chi connectivity index (χ1) is 13.9. The summed E-state index contributed by atoms with van der Waals surface area (Å²) in [5.41, 5.74) is -0.376. The number of amides is 2. The van der Waals surface area contributed by atoms with E-state index in [1.54, 1.807) is 30.3 Å². The van der Waals surface area contributed by atoms with E-state index in [-0.39, 0.29) is 37.0 Å². The summed E-state index contributed by atoms with van der Waals surface area (Å²) in [5, 5.41) is 0. The molecule has 1 fully saturated rings. The van der Waals surface area contributed by atoms with E-state index >= 15 is 0 Å². The van der Waals surface area contributed by atoms with Gasteiger partial charge in [-0.1, -0.05) is 18.2 Å². The van der Waals surface area contributed by atoms with Crippen molar-refractivity contribution in [2.45, 2.75) is 25.1 Å². The third kappa shape index (κ3) is 2.74. The SMILES string of the molecule is COc1ccc(COC(=O)C23CCC(=O)N2c2ccccc2C(=O)N3C)cc1F. The molecule has 2 aromatic carbocycles. The van der Waals surface area contributed by atoms with Crippen molar-refractivity contribution in [1.82, 2.24) is 4.90 Å². The zero-order chi connectivity index (χ0) is 20.8. The Hall–Kier alpha value is -3.42. The minimum Gasteiger partial charge on any atom is -0.494 e. The number of para-hydroxylation sites is 1. The molecule has 7 nitrogen and oxygen atoms in total. The molecule has 1 atom stereocenters. The van der Waals surface area contributed by atoms with Gasteiger partial charge in [0.1, 0.15) is 6.61 Å². The second-order valence-corrected chi connectivity index (χ2v) is 6.97. The first-order valence-corrected chi connectivity index (χ1v) is 9.10. The van der Waals surface area contributed by atoms with Gasteiger partial charge in [0.25, 0.3) is 5.91 Å². The lowest BCUT2D eigenvalue weighted by molar-refractivity contribution is -0.157. The average Bonchev–Trinajstić information content (AvgIpc) is 3.09. The maximum absolute atomic E-state index is 13.9. The summed E-state index contributed by atoms with van der Waals surface area (Å²) >= 11 is 0. The van der Waals surface area contributed by atoms with Crippen LogP contribution in [0.2, 0.25) is 0 Å². The van der Waals surface area contributed by atoms with Gasteiger partial charge in [0.05, 0.1) is 18.4 Å². The highest BCUT2D eigenvalue weighted by Crippen LogP contribution is 2.44. The van der Waals surface area contributed by atoms with E-state index in [0.29, 0.717) is 16.8 Å². The number of rotatable bonds is 4. The van der Waals surface area contributed by atoms with Crippen molar-refractivity contribution in [2.24, 2.45) is 0 Å². The highest BCUT2D eigenvalue weighted by Gasteiger charge is 2.60. The number of ether oxygens (including phenoxy) is 2. The van der Waals surface area contributed by atoms with Crippen molar-refractivity contribution >= 4 is 23.5 Å². The lowest BCUT2D eigenvalue weighted by Crippen LogP contribution is -2.67. The first-order valence-electron chi connectivity index (χ1n) is 9.10. The van der Waals surface area contributed by atoms with Crippen LogP contribution in [0.1, 0.15) is 28.8 Å². The zero-order valence-electron chi connectivity index (χ0n) is 16.0. The van der Waals surface area contributed by atoms with Gasteiger partial charge in [-0.25, -0.2) is 9.18 Å². The van der Waals surface area contributed by atoms with Crippen molar-refractivity contribution in [2.75, 3.05) is 19.1 Å². The molecular formula is C21H19FN2O5. The van der Waals surface area contributed by atoms with Gasteiger partial charge in [0.2, 0.25) is 11.6 Å². The number of hydrogen-bond donors (Lipinski definition) is 0. The Morgan fingerprint density at radius 2 is 1.97 bits per heavy atom. The molecule has 0 aromatic heterocycles. The Labute approximate surface area is 166 Å². The summed E-state index contributed by atoms with van der Waals surface area (Å²) in [4.78, 5) is 41.3. The first kappa shape index (κ1) is 18.9. The number of benzene rings is 2. The number of halogens is 1. The fourth-order valence-electron chi connectivity index (χ4n) is 3.96. The van der Waals surface area contributed by atoms with Crippen LogP contribution in [0.4, 0.5) is 10.1 Å². The van der Waals surface area contributed by atoms with Crippen molar-refractivity contribution in [3.8, 4) is 5.75 Å². The largest absolute Gasteiger partial charge is 0.494 e. The molecule has 150 valence electrons. The molecule has 2 heterocycles. The molecule has 1 unspecified atom stereocenters. The Morgan fingerprint density at radius 3 is 2.69 bits per heavy atom. The molecule has 4 rings (SSSR count). The molecule has 0 spiro atoms. The predicted molar refractivity (Wildman–Crippen MR) is 101 cm³/mol. The summed E-state index contributed by atoms with van der Waals surface area (Å²) < 4.78 is 24.2. The monoisotopic (exact) mass is 398 g/mol. The molecule has 0 aliphatic carbocycles. The van der Waals surface area contributed by atoms with Crippen molar-refractivity contribution in [3.63, 3.8) is 0 Å². The second kappa shape index (κ2) is 6.88. The second-order valence-electron chi connectivity index (χ2n) is 6.97. The van der Waals surface area contributed by atoms with Crippen molar-refractivity contribution in [3.05, 3.63) is 59.4 Å². The number of carbonyl (C=O) groups is 3. The van der Waals surface area contributed by atoms with E-state index in [9.17, 15) is 18.8 Å². The Bertz CT molecular complexity index is 1020. The van der Waals surface area contributed by atoms with Gasteiger partial charge < -0.3 is 14.4 Å². The molecule has 2 aliphatic heterocycles. The maximum atomic E-state index is 13.9. The number of esters is 1. The number of carbonyl (C=O) groups excluding carboxylic acids is 3. The average molecular weight is 398 g/mol. The maximum Gasteiger partial charge on any atom is 0.354 e. The van der Waals surface area contributed by atoms with Gasteiger partial charge in [0.15, 0.2) is 11.6 Å². The normalized spacial score (nSPS) is 20.4. The van der Waals surface area contributed by atoms with Gasteiger partial charge in [-0.3, -0.25) is 14.5 Å². The molecule has 2 aromatic rings. The minimum absolute atomic E-state index is 0.0838. The summed E-state index contributed by atoms with van der Waals surface area (Å²) in [7, 11) is 2.84. The van der Waals surface area contributed by atoms with Crippen LogP contribution >= 0.6 is 0 Å². The molecular weight excluding hydrogens is 379 g/mol. The standard InChI is InChI=1S/C21H19FN2O5/c1-23-19(26)14-5-3-4-6-16(14)24-18(25)9-10-21(23,24)20(27)29-12-13-7-8-17(28-2)15(22)11-13/h3-8,11H,9-10,12H2,1-2H3. The van der Waals surface area contributed by atoms with Gasteiger partial charge >= 0.3 is 5.97 Å². The number of likely N-dealkylation sites (N-methyl/N-ethyl adjacent to an activating group) is 1. The lowest BCUT2D eigenvalue weighted by atomic mass is 9.97. The number of nitrogens with zero attached hydrogens (tertiary/aromatic N) is 2. The number of fused-ring (bicyclic) bond motifs is 3. The number of anilines is 1. The van der Waals surface area contributed by atoms with E-state index in [2.05, 4.69) is 0 Å². The molecule has 0 N–H and O–H groups in total. The molecule has 0 saturated carbocycles. The van der Waals surface area contributed by atoms with Crippen LogP contribution in [0, 0.1) is 5.82 Å². The van der Waals surface area contributed by atoms with Crippen molar-refractivity contribution < 1.29 is 28.2 Å². The van der Waals surface area contributed by atoms with E-state index in [4.69, 9.17) is 9.47 Å². The number of methoxy groups -OCH3 is 1. The third-order valence-electron chi connectivity index (χ3n) is 5.45. The van der Waals surface area contributed by atoms with Crippen LogP contribution in [-0.2, 0) is 20.9 Å². The molecule has 1 saturated heterocycles. The van der Waals surface area contributed by atoms with Gasteiger partial charge in [-0.15, -0.1) is 0 Å². The molecule has 29 heavy (non-hydrogen) atoms. The van der Waals surface area contributed by atoms with E-state index in [1.165, 1.54) is 36.1 Å². The predicted octanol–water partition coefficient (Wildman–Crippen LogP) is 2.49. The van der Waals surface area contributed by atoms with Gasteiger partial charge in [-0.2, -0.15) is 0 Å². The van der Waals surface area contributed by atoms with Crippen molar-refractivity contribution in [1.29, 1.82) is 0 Å². The van der Waals surface area contributed by atoms with Gasteiger partial charge in [0, 0.05) is 19.9 Å². The summed E-state index contributed by atoms with van der Waals surface area (Å²) in [6.07, 6.45) is 0.233. The molecule has 0 radical (unpaired) electrons. The van der Waals surface area contributed by atoms with E-state index < -0.39 is 17.4 Å². The van der Waals surface area contributed by atoms with Gasteiger partial charge in [-0.05, 0) is 29.8 Å². The Balaban J connectivity index is 1.65. The van der Waals surface area contributed by atoms with Crippen LogP contribution in [0.25, 0.3) is 0 Å². The van der Waals surface area contributed by atoms with Crippen LogP contribution in [0.3, 0.4) is 0 Å². The van der Waals surface area contributed by atoms with E-state index in [1.807, 2.05) is 0 Å². The molecule has 2 amide bonds. The fourth-order valence-corrected chi connectivity index (χ4v) is 3.96. The topological polar surface area (TPSA) is 76.1 Å². The highest BCUT2D eigenvalue weighted by molar-refractivity contribution is 6.15. The molecule has 2 aliphatic rings. The highest BCUT2D eigenvalue weighted by atomic mass is 19.1. The molecule has 0 bridgehead atoms. The Kier molecular flexibility index (Phi) is 4.49. The van der Waals surface area contributed by atoms with Crippen LogP contribution < -0.4 is 9.64 Å². The minimum atomic E-state index is -1.55. The quantitative estimate of drug-likeness (QED) is 0.740. The molecule has 8 heteroatoms. The van der Waals surface area contributed by atoms with E-state index in [0.717, 1.165) is 0 Å². The van der Waals surface area contributed by atoms with Crippen LogP contribution in [-0.4, -0.2) is 42.5 Å². The van der Waals surface area contributed by atoms with Crippen LogP contribution in [0.5, 0.6) is 5.75 Å². The Morgan fingerprint density at radius 1 is 1.21 bits per heavy atom. The zero-order valence-corrected chi connectivity index (χ0v) is 16.0. The fraction of sp³-hybridized carbons (Fsp3) is 0.286. The summed E-state index contributed by atoms with van der Waals surface area (Å²) in [5.74, 6) is -1.84. The van der Waals surface area contributed by atoms with Crippen LogP contribution in [0.15, 0.2) is 42.5 Å². The lowest BCUT2D eigenvalue weighted by Gasteiger charge is -2.46.